The van der Waals surface area contributed by atoms with Gasteiger partial charge in [0, 0.05) is 0 Å². The lowest BCUT2D eigenvalue weighted by Crippen LogP contribution is -2.54. The molecule has 6 nitrogen and oxygen atoms in total. The average molecular weight is 371 g/mol. The molecule has 0 aliphatic carbocycles. The Morgan fingerprint density at radius 1 is 1.12 bits per heavy atom. The van der Waals surface area contributed by atoms with Gasteiger partial charge < -0.3 is 5.11 Å². The summed E-state index contributed by atoms with van der Waals surface area (Å²) in [5.74, 6) is -1.62. The van der Waals surface area contributed by atoms with E-state index in [1.807, 2.05) is 13.0 Å². The summed E-state index contributed by atoms with van der Waals surface area (Å²) in [6, 6.07) is 8.73. The molecule has 2 N–H and O–H groups in total. The van der Waals surface area contributed by atoms with Crippen molar-refractivity contribution >= 4 is 41.2 Å². The van der Waals surface area contributed by atoms with E-state index in [2.05, 4.69) is 5.32 Å². The predicted octanol–water partition coefficient (Wildman–Crippen LogP) is 3.33. The van der Waals surface area contributed by atoms with Crippen LogP contribution in [0.4, 0.5) is 10.5 Å². The third-order valence-corrected chi connectivity index (χ3v) is 4.50. The van der Waals surface area contributed by atoms with Gasteiger partial charge in [0.1, 0.15) is 11.3 Å². The van der Waals surface area contributed by atoms with Crippen molar-refractivity contribution in [2.75, 3.05) is 4.90 Å². The van der Waals surface area contributed by atoms with E-state index in [0.29, 0.717) is 11.3 Å². The number of phenolic OH excluding ortho intramolecular Hbond substituents is 1. The van der Waals surface area contributed by atoms with Gasteiger partial charge in [0.2, 0.25) is 0 Å². The highest BCUT2D eigenvalue weighted by atomic mass is 35.5. The molecule has 2 aromatic carbocycles. The van der Waals surface area contributed by atoms with Crippen LogP contribution in [0.3, 0.4) is 0 Å². The van der Waals surface area contributed by atoms with Gasteiger partial charge >= 0.3 is 6.03 Å². The third-order valence-electron chi connectivity index (χ3n) is 4.20. The molecule has 7 heteroatoms. The van der Waals surface area contributed by atoms with E-state index in [4.69, 9.17) is 11.6 Å². The molecular weight excluding hydrogens is 356 g/mol. The highest BCUT2D eigenvalue weighted by Gasteiger charge is 2.37. The molecule has 1 aliphatic heterocycles. The SMILES string of the molecule is Cc1cccc(N2C(=O)NC(=O)/C(=C\c3ccc(O)c(Cl)c3)C2=O)c1C. The molecule has 1 heterocycles. The summed E-state index contributed by atoms with van der Waals surface area (Å²) in [5, 5.41) is 11.8. The minimum Gasteiger partial charge on any atom is -0.506 e. The first-order valence-electron chi connectivity index (χ1n) is 7.76. The Kier molecular flexibility index (Phi) is 4.52. The number of amides is 4. The Bertz CT molecular complexity index is 981. The number of hydrogen-bond donors (Lipinski definition) is 2. The number of hydrogen-bond acceptors (Lipinski definition) is 4. The molecule has 0 bridgehead atoms. The molecule has 0 atom stereocenters. The zero-order valence-electron chi connectivity index (χ0n) is 14.0. The van der Waals surface area contributed by atoms with E-state index in [-0.39, 0.29) is 16.3 Å². The van der Waals surface area contributed by atoms with Gasteiger partial charge in [-0.2, -0.15) is 0 Å². The molecule has 0 unspecified atom stereocenters. The fourth-order valence-corrected chi connectivity index (χ4v) is 2.82. The van der Waals surface area contributed by atoms with Crippen molar-refractivity contribution in [1.82, 2.24) is 5.32 Å². The summed E-state index contributed by atoms with van der Waals surface area (Å²) in [6.45, 7) is 3.66. The average Bonchev–Trinajstić information content (AvgIpc) is 2.58. The lowest BCUT2D eigenvalue weighted by atomic mass is 10.0. The normalized spacial score (nSPS) is 16.2. The number of anilines is 1. The van der Waals surface area contributed by atoms with Crippen molar-refractivity contribution in [3.63, 3.8) is 0 Å². The van der Waals surface area contributed by atoms with Crippen LogP contribution in [0, 0.1) is 13.8 Å². The van der Waals surface area contributed by atoms with Gasteiger partial charge in [-0.3, -0.25) is 14.9 Å². The molecule has 0 radical (unpaired) electrons. The first-order chi connectivity index (χ1) is 12.3. The molecule has 1 saturated heterocycles. The number of carbonyl (C=O) groups is 3. The van der Waals surface area contributed by atoms with Crippen LogP contribution in [-0.2, 0) is 9.59 Å². The number of carbonyl (C=O) groups excluding carboxylic acids is 3. The maximum Gasteiger partial charge on any atom is 0.335 e. The minimum absolute atomic E-state index is 0.0884. The van der Waals surface area contributed by atoms with Gasteiger partial charge in [0.15, 0.2) is 0 Å². The topological polar surface area (TPSA) is 86.7 Å². The van der Waals surface area contributed by atoms with Crippen molar-refractivity contribution in [3.05, 3.63) is 63.7 Å². The number of barbiturate groups is 1. The molecule has 2 aromatic rings. The van der Waals surface area contributed by atoms with Crippen molar-refractivity contribution in [3.8, 4) is 5.75 Å². The Morgan fingerprint density at radius 2 is 1.85 bits per heavy atom. The summed E-state index contributed by atoms with van der Waals surface area (Å²) in [6.07, 6.45) is 1.33. The maximum absolute atomic E-state index is 12.9. The van der Waals surface area contributed by atoms with Gasteiger partial charge in [-0.05, 0) is 54.8 Å². The van der Waals surface area contributed by atoms with Crippen LogP contribution in [0.1, 0.15) is 16.7 Å². The predicted molar refractivity (Wildman–Crippen MR) is 98.0 cm³/mol. The second-order valence-electron chi connectivity index (χ2n) is 5.89. The van der Waals surface area contributed by atoms with E-state index in [0.717, 1.165) is 16.0 Å². The van der Waals surface area contributed by atoms with Crippen molar-refractivity contribution in [1.29, 1.82) is 0 Å². The highest BCUT2D eigenvalue weighted by Crippen LogP contribution is 2.28. The summed E-state index contributed by atoms with van der Waals surface area (Å²) >= 11 is 5.86. The number of benzene rings is 2. The second-order valence-corrected chi connectivity index (χ2v) is 6.29. The van der Waals surface area contributed by atoms with Gasteiger partial charge in [-0.25, -0.2) is 9.69 Å². The van der Waals surface area contributed by atoms with Crippen molar-refractivity contribution in [2.24, 2.45) is 0 Å². The van der Waals surface area contributed by atoms with Crippen LogP contribution < -0.4 is 10.2 Å². The molecule has 3 rings (SSSR count). The van der Waals surface area contributed by atoms with Crippen LogP contribution in [0.2, 0.25) is 5.02 Å². The maximum atomic E-state index is 12.9. The molecule has 1 aliphatic rings. The van der Waals surface area contributed by atoms with Crippen LogP contribution in [0.15, 0.2) is 42.0 Å². The number of halogens is 1. The molecule has 0 aromatic heterocycles. The van der Waals surface area contributed by atoms with Crippen LogP contribution >= 0.6 is 11.6 Å². The second kappa shape index (κ2) is 6.65. The van der Waals surface area contributed by atoms with Gasteiger partial charge in [0.05, 0.1) is 10.7 Å². The number of urea groups is 1. The number of phenols is 1. The first-order valence-corrected chi connectivity index (χ1v) is 8.13. The largest absolute Gasteiger partial charge is 0.506 e. The van der Waals surface area contributed by atoms with Gasteiger partial charge in [-0.1, -0.05) is 29.8 Å². The standard InChI is InChI=1S/C19H15ClN2O4/c1-10-4-3-5-15(11(10)2)22-18(25)13(17(24)21-19(22)26)8-12-6-7-16(23)14(20)9-12/h3-9,23H,1-2H3,(H,21,24,26)/b13-8+. The van der Waals surface area contributed by atoms with Crippen LogP contribution in [0.5, 0.6) is 5.75 Å². The van der Waals surface area contributed by atoms with E-state index in [9.17, 15) is 19.5 Å². The molecule has 1 fully saturated rings. The number of aryl methyl sites for hydroxylation is 1. The lowest BCUT2D eigenvalue weighted by Gasteiger charge is -2.28. The molecule has 132 valence electrons. The zero-order valence-corrected chi connectivity index (χ0v) is 14.8. The zero-order chi connectivity index (χ0) is 19.0. The summed E-state index contributed by atoms with van der Waals surface area (Å²) in [5.41, 5.74) is 2.33. The lowest BCUT2D eigenvalue weighted by molar-refractivity contribution is -0.122. The van der Waals surface area contributed by atoms with E-state index in [1.165, 1.54) is 24.3 Å². The quantitative estimate of drug-likeness (QED) is 0.627. The Labute approximate surface area is 154 Å². The minimum atomic E-state index is -0.797. The highest BCUT2D eigenvalue weighted by molar-refractivity contribution is 6.39. The van der Waals surface area contributed by atoms with E-state index in [1.54, 1.807) is 19.1 Å². The van der Waals surface area contributed by atoms with Crippen molar-refractivity contribution in [2.45, 2.75) is 13.8 Å². The Balaban J connectivity index is 2.07. The molecule has 4 amide bonds. The molecule has 0 saturated carbocycles. The van der Waals surface area contributed by atoms with Crippen LogP contribution in [0.25, 0.3) is 6.08 Å². The fourth-order valence-electron chi connectivity index (χ4n) is 2.63. The third kappa shape index (κ3) is 3.07. The molecule has 0 spiro atoms. The van der Waals surface area contributed by atoms with Crippen LogP contribution in [-0.4, -0.2) is 23.0 Å². The number of aromatic hydroxyl groups is 1. The fraction of sp³-hybridized carbons (Fsp3) is 0.105. The number of nitrogens with zero attached hydrogens (tertiary/aromatic N) is 1. The Hall–Kier alpha value is -3.12. The number of imide groups is 2. The Morgan fingerprint density at radius 3 is 2.54 bits per heavy atom. The number of nitrogens with one attached hydrogen (secondary N) is 1. The first kappa shape index (κ1) is 17.7. The van der Waals surface area contributed by atoms with Gasteiger partial charge in [-0.15, -0.1) is 0 Å². The molecule has 26 heavy (non-hydrogen) atoms. The number of rotatable bonds is 2. The smallest absolute Gasteiger partial charge is 0.335 e. The van der Waals surface area contributed by atoms with E-state index < -0.39 is 17.8 Å². The molecular formula is C19H15ClN2O4. The van der Waals surface area contributed by atoms with Gasteiger partial charge in [0.25, 0.3) is 11.8 Å². The summed E-state index contributed by atoms with van der Waals surface area (Å²) in [7, 11) is 0. The summed E-state index contributed by atoms with van der Waals surface area (Å²) < 4.78 is 0. The van der Waals surface area contributed by atoms with Crippen molar-refractivity contribution < 1.29 is 19.5 Å². The monoisotopic (exact) mass is 370 g/mol. The summed E-state index contributed by atoms with van der Waals surface area (Å²) in [4.78, 5) is 38.2. The van der Waals surface area contributed by atoms with E-state index >= 15 is 0 Å².